The average Bonchev–Trinajstić information content (AvgIpc) is 2.22. The minimum Gasteiger partial charge on any atom is -0.469 e. The second kappa shape index (κ2) is 5.17. The van der Waals surface area contributed by atoms with E-state index in [1.165, 1.54) is 26.4 Å². The van der Waals surface area contributed by atoms with Gasteiger partial charge in [0.25, 0.3) is 0 Å². The molecule has 3 heteroatoms. The van der Waals surface area contributed by atoms with Crippen molar-refractivity contribution in [3.8, 4) is 0 Å². The Morgan fingerprint density at radius 3 is 2.25 bits per heavy atom. The Kier molecular flexibility index (Phi) is 4.36. The number of methoxy groups -OCH3 is 1. The highest BCUT2D eigenvalue weighted by Crippen LogP contribution is 2.28. The quantitative estimate of drug-likeness (QED) is 0.694. The molecule has 1 aliphatic rings. The van der Waals surface area contributed by atoms with Crippen molar-refractivity contribution < 1.29 is 9.53 Å². The number of hydrogen-bond acceptors (Lipinski definition) is 3. The van der Waals surface area contributed by atoms with Gasteiger partial charge in [-0.1, -0.05) is 6.42 Å². The molecule has 0 aromatic rings. The first-order valence-corrected chi connectivity index (χ1v) is 6.22. The van der Waals surface area contributed by atoms with Crippen LogP contribution < -0.4 is 0 Å². The van der Waals surface area contributed by atoms with Crippen molar-refractivity contribution in [2.45, 2.75) is 59.0 Å². The smallest absolute Gasteiger partial charge is 0.312 e. The van der Waals surface area contributed by atoms with E-state index in [1.807, 2.05) is 13.8 Å². The van der Waals surface area contributed by atoms with Crippen LogP contribution in [0.5, 0.6) is 0 Å². The van der Waals surface area contributed by atoms with E-state index in [0.717, 1.165) is 6.54 Å². The zero-order chi connectivity index (χ0) is 12.3. The van der Waals surface area contributed by atoms with Crippen LogP contribution in [0.4, 0.5) is 0 Å². The molecule has 0 amide bonds. The molecule has 1 heterocycles. The monoisotopic (exact) mass is 227 g/mol. The summed E-state index contributed by atoms with van der Waals surface area (Å²) < 4.78 is 4.86. The van der Waals surface area contributed by atoms with Gasteiger partial charge in [-0.2, -0.15) is 0 Å². The molecule has 0 aromatic heterocycles. The lowest BCUT2D eigenvalue weighted by Gasteiger charge is -2.42. The molecule has 2 atom stereocenters. The highest BCUT2D eigenvalue weighted by molar-refractivity contribution is 5.76. The molecule has 0 N–H and O–H groups in total. The highest BCUT2D eigenvalue weighted by atomic mass is 16.5. The van der Waals surface area contributed by atoms with Crippen molar-refractivity contribution in [3.63, 3.8) is 0 Å². The molecule has 0 saturated carbocycles. The summed E-state index contributed by atoms with van der Waals surface area (Å²) >= 11 is 0. The lowest BCUT2D eigenvalue weighted by atomic mass is 9.88. The SMILES string of the molecule is COC(=O)C(C)(C)CN1C(C)CCCC1C. The molecular weight excluding hydrogens is 202 g/mol. The normalized spacial score (nSPS) is 27.8. The number of rotatable bonds is 3. The van der Waals surface area contributed by atoms with Crippen molar-refractivity contribution in [2.24, 2.45) is 5.41 Å². The third kappa shape index (κ3) is 2.97. The predicted octanol–water partition coefficient (Wildman–Crippen LogP) is 2.45. The Morgan fingerprint density at radius 2 is 1.81 bits per heavy atom. The fourth-order valence-corrected chi connectivity index (χ4v) is 2.58. The zero-order valence-electron chi connectivity index (χ0n) is 11.2. The second-order valence-corrected chi connectivity index (χ2v) is 5.68. The Balaban J connectivity index is 2.67. The van der Waals surface area contributed by atoms with Crippen molar-refractivity contribution >= 4 is 5.97 Å². The molecule has 94 valence electrons. The van der Waals surface area contributed by atoms with E-state index >= 15 is 0 Å². The van der Waals surface area contributed by atoms with Gasteiger partial charge in [-0.15, -0.1) is 0 Å². The van der Waals surface area contributed by atoms with Crippen molar-refractivity contribution in [1.29, 1.82) is 0 Å². The topological polar surface area (TPSA) is 29.5 Å². The van der Waals surface area contributed by atoms with Gasteiger partial charge in [0.2, 0.25) is 0 Å². The van der Waals surface area contributed by atoms with Gasteiger partial charge in [-0.05, 0) is 40.5 Å². The maximum atomic E-state index is 11.7. The van der Waals surface area contributed by atoms with Crippen molar-refractivity contribution in [1.82, 2.24) is 4.90 Å². The van der Waals surface area contributed by atoms with E-state index in [0.29, 0.717) is 12.1 Å². The Morgan fingerprint density at radius 1 is 1.31 bits per heavy atom. The van der Waals surface area contributed by atoms with Crippen LogP contribution in [0.3, 0.4) is 0 Å². The van der Waals surface area contributed by atoms with E-state index in [1.54, 1.807) is 0 Å². The fraction of sp³-hybridized carbons (Fsp3) is 0.923. The Labute approximate surface area is 99.1 Å². The summed E-state index contributed by atoms with van der Waals surface area (Å²) in [4.78, 5) is 14.1. The van der Waals surface area contributed by atoms with Crippen LogP contribution >= 0.6 is 0 Å². The fourth-order valence-electron chi connectivity index (χ4n) is 2.58. The molecule has 2 unspecified atom stereocenters. The van der Waals surface area contributed by atoms with Crippen LogP contribution in [0, 0.1) is 5.41 Å². The van der Waals surface area contributed by atoms with E-state index in [4.69, 9.17) is 4.74 Å². The minimum atomic E-state index is -0.408. The summed E-state index contributed by atoms with van der Waals surface area (Å²) in [6.07, 6.45) is 3.78. The molecule has 0 aliphatic carbocycles. The number of nitrogens with zero attached hydrogens (tertiary/aromatic N) is 1. The molecule has 0 radical (unpaired) electrons. The van der Waals surface area contributed by atoms with Gasteiger partial charge < -0.3 is 4.74 Å². The number of carbonyl (C=O) groups excluding carboxylic acids is 1. The van der Waals surface area contributed by atoms with Gasteiger partial charge in [-0.3, -0.25) is 9.69 Å². The highest BCUT2D eigenvalue weighted by Gasteiger charge is 2.35. The Bertz CT molecular complexity index is 240. The Hall–Kier alpha value is -0.570. The van der Waals surface area contributed by atoms with Gasteiger partial charge in [0.15, 0.2) is 0 Å². The third-order valence-electron chi connectivity index (χ3n) is 3.69. The zero-order valence-corrected chi connectivity index (χ0v) is 11.2. The third-order valence-corrected chi connectivity index (χ3v) is 3.69. The van der Waals surface area contributed by atoms with Gasteiger partial charge in [0.1, 0.15) is 0 Å². The van der Waals surface area contributed by atoms with Gasteiger partial charge in [0.05, 0.1) is 12.5 Å². The minimum absolute atomic E-state index is 0.113. The largest absolute Gasteiger partial charge is 0.469 e. The van der Waals surface area contributed by atoms with Crippen molar-refractivity contribution in [2.75, 3.05) is 13.7 Å². The average molecular weight is 227 g/mol. The molecule has 0 aromatic carbocycles. The summed E-state index contributed by atoms with van der Waals surface area (Å²) in [6.45, 7) is 9.23. The van der Waals surface area contributed by atoms with E-state index in [9.17, 15) is 4.79 Å². The van der Waals surface area contributed by atoms with E-state index in [2.05, 4.69) is 18.7 Å². The maximum Gasteiger partial charge on any atom is 0.312 e. The van der Waals surface area contributed by atoms with Gasteiger partial charge in [0, 0.05) is 18.6 Å². The number of ether oxygens (including phenoxy) is 1. The van der Waals surface area contributed by atoms with E-state index in [-0.39, 0.29) is 5.97 Å². The number of piperidine rings is 1. The molecule has 1 saturated heterocycles. The van der Waals surface area contributed by atoms with Crippen LogP contribution in [0.25, 0.3) is 0 Å². The summed E-state index contributed by atoms with van der Waals surface area (Å²) in [6, 6.07) is 1.15. The van der Waals surface area contributed by atoms with Gasteiger partial charge in [-0.25, -0.2) is 0 Å². The summed E-state index contributed by atoms with van der Waals surface area (Å²) in [5.41, 5.74) is -0.408. The van der Waals surface area contributed by atoms with Crippen LogP contribution in [0.1, 0.15) is 47.0 Å². The first kappa shape index (κ1) is 13.5. The maximum absolute atomic E-state index is 11.7. The van der Waals surface area contributed by atoms with Crippen molar-refractivity contribution in [3.05, 3.63) is 0 Å². The lowest BCUT2D eigenvalue weighted by molar-refractivity contribution is -0.152. The number of hydrogen-bond donors (Lipinski definition) is 0. The molecule has 1 rings (SSSR count). The molecule has 1 aliphatic heterocycles. The first-order chi connectivity index (χ1) is 7.38. The van der Waals surface area contributed by atoms with Crippen LogP contribution in [0.2, 0.25) is 0 Å². The molecule has 3 nitrogen and oxygen atoms in total. The number of carbonyl (C=O) groups is 1. The predicted molar refractivity (Wildman–Crippen MR) is 65.3 cm³/mol. The molecule has 0 bridgehead atoms. The number of likely N-dealkylation sites (tertiary alicyclic amines) is 1. The van der Waals surface area contributed by atoms with Crippen LogP contribution in [-0.4, -0.2) is 36.6 Å². The van der Waals surface area contributed by atoms with Crippen LogP contribution in [0.15, 0.2) is 0 Å². The summed E-state index contributed by atoms with van der Waals surface area (Å²) in [5.74, 6) is -0.113. The summed E-state index contributed by atoms with van der Waals surface area (Å²) in [7, 11) is 1.47. The van der Waals surface area contributed by atoms with E-state index < -0.39 is 5.41 Å². The molecular formula is C13H25NO2. The van der Waals surface area contributed by atoms with Crippen LogP contribution in [-0.2, 0) is 9.53 Å². The summed E-state index contributed by atoms with van der Waals surface area (Å²) in [5, 5.41) is 0. The molecule has 1 fully saturated rings. The second-order valence-electron chi connectivity index (χ2n) is 5.68. The molecule has 0 spiro atoms. The molecule has 16 heavy (non-hydrogen) atoms. The first-order valence-electron chi connectivity index (χ1n) is 6.22. The standard InChI is InChI=1S/C13H25NO2/c1-10-7-6-8-11(2)14(10)9-13(3,4)12(15)16-5/h10-11H,6-9H2,1-5H3. The lowest BCUT2D eigenvalue weighted by Crippen LogP contribution is -2.50. The van der Waals surface area contributed by atoms with Gasteiger partial charge >= 0.3 is 5.97 Å². The number of esters is 1.